The van der Waals surface area contributed by atoms with Crippen molar-refractivity contribution in [2.24, 2.45) is 5.92 Å². The minimum atomic E-state index is 0.202. The Labute approximate surface area is 117 Å². The van der Waals surface area contributed by atoms with E-state index < -0.39 is 0 Å². The zero-order chi connectivity index (χ0) is 13.4. The number of rotatable bonds is 3. The van der Waals surface area contributed by atoms with Crippen molar-refractivity contribution in [2.75, 3.05) is 0 Å². The normalized spacial score (nSPS) is 17.7. The van der Waals surface area contributed by atoms with Gasteiger partial charge in [0.15, 0.2) is 0 Å². The van der Waals surface area contributed by atoms with Gasteiger partial charge in [-0.3, -0.25) is 0 Å². The van der Waals surface area contributed by atoms with Gasteiger partial charge in [-0.25, -0.2) is 0 Å². The van der Waals surface area contributed by atoms with E-state index in [1.54, 1.807) is 0 Å². The molecule has 18 heavy (non-hydrogen) atoms. The van der Waals surface area contributed by atoms with E-state index in [2.05, 4.69) is 34.6 Å². The van der Waals surface area contributed by atoms with Crippen LogP contribution in [-0.4, -0.2) is 0 Å². The van der Waals surface area contributed by atoms with Crippen molar-refractivity contribution < 1.29 is 0 Å². The highest BCUT2D eigenvalue weighted by atomic mass is 35.5. The van der Waals surface area contributed by atoms with Crippen molar-refractivity contribution in [3.63, 3.8) is 0 Å². The molecular weight excluding hydrogens is 240 g/mol. The van der Waals surface area contributed by atoms with E-state index >= 15 is 0 Å². The van der Waals surface area contributed by atoms with Crippen LogP contribution in [0.25, 0.3) is 0 Å². The van der Waals surface area contributed by atoms with Crippen LogP contribution in [0.2, 0.25) is 0 Å². The molecule has 0 heterocycles. The summed E-state index contributed by atoms with van der Waals surface area (Å²) in [6, 6.07) is 0. The lowest BCUT2D eigenvalue weighted by molar-refractivity contribution is 0.293. The van der Waals surface area contributed by atoms with Crippen molar-refractivity contribution in [3.05, 3.63) is 33.4 Å². The molecule has 0 saturated heterocycles. The number of hydrogen-bond donors (Lipinski definition) is 0. The highest BCUT2D eigenvalue weighted by Crippen LogP contribution is 2.41. The van der Waals surface area contributed by atoms with Crippen LogP contribution in [-0.2, 0) is 0 Å². The molecule has 0 N–H and O–H groups in total. The molecule has 0 bridgehead atoms. The molecule has 0 aliphatic heterocycles. The minimum Gasteiger partial charge on any atom is -0.118 e. The summed E-state index contributed by atoms with van der Waals surface area (Å²) in [5.41, 5.74) is 8.51. The molecule has 1 heteroatoms. The summed E-state index contributed by atoms with van der Waals surface area (Å²) < 4.78 is 0. The zero-order valence-corrected chi connectivity index (χ0v) is 13.1. The number of alkyl halides is 1. The lowest BCUT2D eigenvalue weighted by Crippen LogP contribution is -2.14. The topological polar surface area (TPSA) is 0 Å². The third-order valence-electron chi connectivity index (χ3n) is 5.14. The van der Waals surface area contributed by atoms with Crippen LogP contribution in [0.3, 0.4) is 0 Å². The second kappa shape index (κ2) is 5.25. The Balaban J connectivity index is 2.36. The van der Waals surface area contributed by atoms with E-state index in [9.17, 15) is 0 Å². The molecule has 1 aliphatic rings. The highest BCUT2D eigenvalue weighted by Gasteiger charge is 2.25. The predicted octanol–water partition coefficient (Wildman–Crippen LogP) is 5.70. The summed E-state index contributed by atoms with van der Waals surface area (Å²) in [4.78, 5) is 0. The molecule has 1 aromatic rings. The number of halogens is 1. The van der Waals surface area contributed by atoms with E-state index in [-0.39, 0.29) is 5.38 Å². The SMILES string of the molecule is Cc1c(C)c(C)c(C(Cl)CC2CCC2)c(C)c1C. The molecule has 100 valence electrons. The monoisotopic (exact) mass is 264 g/mol. The highest BCUT2D eigenvalue weighted by molar-refractivity contribution is 6.21. The lowest BCUT2D eigenvalue weighted by atomic mass is 9.79. The molecule has 2 rings (SSSR count). The van der Waals surface area contributed by atoms with Crippen molar-refractivity contribution in [2.45, 2.75) is 65.7 Å². The molecule has 0 radical (unpaired) electrons. The third-order valence-corrected chi connectivity index (χ3v) is 5.53. The second-order valence-corrected chi connectivity index (χ2v) is 6.57. The van der Waals surface area contributed by atoms with Crippen LogP contribution in [0.15, 0.2) is 0 Å². The lowest BCUT2D eigenvalue weighted by Gasteiger charge is -2.29. The van der Waals surface area contributed by atoms with Crippen molar-refractivity contribution in [1.82, 2.24) is 0 Å². The van der Waals surface area contributed by atoms with Gasteiger partial charge in [0.2, 0.25) is 0 Å². The fourth-order valence-electron chi connectivity index (χ4n) is 3.14. The quantitative estimate of drug-likeness (QED) is 0.615. The first-order valence-electron chi connectivity index (χ1n) is 7.14. The van der Waals surface area contributed by atoms with Crippen LogP contribution in [0.5, 0.6) is 0 Å². The van der Waals surface area contributed by atoms with Gasteiger partial charge in [-0.15, -0.1) is 11.6 Å². The summed E-state index contributed by atoms with van der Waals surface area (Å²) in [6.45, 7) is 11.2. The Hall–Kier alpha value is -0.490. The predicted molar refractivity (Wildman–Crippen MR) is 80.7 cm³/mol. The van der Waals surface area contributed by atoms with E-state index in [4.69, 9.17) is 11.6 Å². The van der Waals surface area contributed by atoms with Crippen LogP contribution >= 0.6 is 11.6 Å². The first-order valence-corrected chi connectivity index (χ1v) is 7.58. The Kier molecular flexibility index (Phi) is 4.06. The maximum Gasteiger partial charge on any atom is 0.0593 e. The fourth-order valence-corrected chi connectivity index (χ4v) is 3.72. The third kappa shape index (κ3) is 2.32. The number of benzene rings is 1. The van der Waals surface area contributed by atoms with Crippen molar-refractivity contribution >= 4 is 11.6 Å². The minimum absolute atomic E-state index is 0.202. The molecule has 1 aromatic carbocycles. The molecular formula is C17H25Cl. The van der Waals surface area contributed by atoms with Gasteiger partial charge in [0.25, 0.3) is 0 Å². The molecule has 0 amide bonds. The van der Waals surface area contributed by atoms with Gasteiger partial charge in [-0.05, 0) is 80.3 Å². The summed E-state index contributed by atoms with van der Waals surface area (Å²) in [7, 11) is 0. The average molecular weight is 265 g/mol. The summed E-state index contributed by atoms with van der Waals surface area (Å²) >= 11 is 6.72. The zero-order valence-electron chi connectivity index (χ0n) is 12.4. The average Bonchev–Trinajstić information content (AvgIpc) is 2.29. The van der Waals surface area contributed by atoms with E-state index in [0.717, 1.165) is 12.3 Å². The van der Waals surface area contributed by atoms with Gasteiger partial charge in [0.05, 0.1) is 5.38 Å². The van der Waals surface area contributed by atoms with Crippen molar-refractivity contribution in [1.29, 1.82) is 0 Å². The summed E-state index contributed by atoms with van der Waals surface area (Å²) in [5.74, 6) is 0.869. The first-order chi connectivity index (χ1) is 8.43. The van der Waals surface area contributed by atoms with E-state index in [1.165, 1.54) is 52.6 Å². The standard InChI is InChI=1S/C17H25Cl/c1-10-11(2)13(4)17(14(5)12(10)3)16(18)9-15-7-6-8-15/h15-16H,6-9H2,1-5H3. The van der Waals surface area contributed by atoms with Gasteiger partial charge in [0.1, 0.15) is 0 Å². The van der Waals surface area contributed by atoms with Gasteiger partial charge < -0.3 is 0 Å². The van der Waals surface area contributed by atoms with E-state index in [0.29, 0.717) is 0 Å². The van der Waals surface area contributed by atoms with Crippen LogP contribution in [0, 0.1) is 40.5 Å². The van der Waals surface area contributed by atoms with E-state index in [1.807, 2.05) is 0 Å². The molecule has 0 spiro atoms. The maximum atomic E-state index is 6.72. The Morgan fingerprint density at radius 1 is 0.889 bits per heavy atom. The number of hydrogen-bond acceptors (Lipinski definition) is 0. The second-order valence-electron chi connectivity index (χ2n) is 6.04. The van der Waals surface area contributed by atoms with Crippen LogP contribution in [0.1, 0.15) is 64.4 Å². The van der Waals surface area contributed by atoms with Crippen LogP contribution in [0.4, 0.5) is 0 Å². The fraction of sp³-hybridized carbons (Fsp3) is 0.647. The molecule has 1 unspecified atom stereocenters. The molecule has 0 nitrogen and oxygen atoms in total. The maximum absolute atomic E-state index is 6.72. The summed E-state index contributed by atoms with van der Waals surface area (Å²) in [6.07, 6.45) is 5.32. The first kappa shape index (κ1) is 13.9. The molecule has 1 saturated carbocycles. The Bertz CT molecular complexity index is 426. The van der Waals surface area contributed by atoms with Crippen LogP contribution < -0.4 is 0 Å². The largest absolute Gasteiger partial charge is 0.118 e. The molecule has 1 aliphatic carbocycles. The Morgan fingerprint density at radius 3 is 1.72 bits per heavy atom. The smallest absolute Gasteiger partial charge is 0.0593 e. The molecule has 1 atom stereocenters. The van der Waals surface area contributed by atoms with Gasteiger partial charge >= 0.3 is 0 Å². The van der Waals surface area contributed by atoms with Gasteiger partial charge in [-0.2, -0.15) is 0 Å². The molecule has 1 fully saturated rings. The van der Waals surface area contributed by atoms with Crippen molar-refractivity contribution in [3.8, 4) is 0 Å². The summed E-state index contributed by atoms with van der Waals surface area (Å²) in [5, 5.41) is 0.202. The van der Waals surface area contributed by atoms with Gasteiger partial charge in [-0.1, -0.05) is 19.3 Å². The van der Waals surface area contributed by atoms with Gasteiger partial charge in [0, 0.05) is 0 Å². The Morgan fingerprint density at radius 2 is 1.33 bits per heavy atom. The molecule has 0 aromatic heterocycles.